The smallest absolute Gasteiger partial charge is 0.220 e. The van der Waals surface area contributed by atoms with Gasteiger partial charge in [0.15, 0.2) is 0 Å². The zero-order chi connectivity index (χ0) is 19.3. The molecule has 0 unspecified atom stereocenters. The van der Waals surface area contributed by atoms with Crippen molar-refractivity contribution in [2.45, 2.75) is 25.8 Å². The van der Waals surface area contributed by atoms with Gasteiger partial charge in [-0.1, -0.05) is 23.7 Å². The summed E-state index contributed by atoms with van der Waals surface area (Å²) in [5.41, 5.74) is 2.91. The third-order valence-electron chi connectivity index (χ3n) is 4.35. The van der Waals surface area contributed by atoms with Crippen LogP contribution in [0.5, 0.6) is 0 Å². The number of amides is 1. The van der Waals surface area contributed by atoms with Gasteiger partial charge in [-0.15, -0.1) is 11.3 Å². The Balaban J connectivity index is 1.24. The van der Waals surface area contributed by atoms with Crippen molar-refractivity contribution in [3.05, 3.63) is 76.5 Å². The van der Waals surface area contributed by atoms with Gasteiger partial charge in [-0.05, 0) is 49.2 Å². The quantitative estimate of drug-likeness (QED) is 0.477. The van der Waals surface area contributed by atoms with E-state index < -0.39 is 0 Å². The molecule has 0 fully saturated rings. The molecule has 0 saturated carbocycles. The first-order valence-electron chi connectivity index (χ1n) is 9.08. The highest BCUT2D eigenvalue weighted by atomic mass is 35.5. The third kappa shape index (κ3) is 4.58. The molecule has 0 radical (unpaired) electrons. The van der Waals surface area contributed by atoms with E-state index in [9.17, 15) is 4.79 Å². The second kappa shape index (κ2) is 8.54. The number of halogens is 1. The van der Waals surface area contributed by atoms with Crippen molar-refractivity contribution in [3.63, 3.8) is 0 Å². The zero-order valence-corrected chi connectivity index (χ0v) is 16.7. The number of aryl methyl sites for hydroxylation is 1. The van der Waals surface area contributed by atoms with Gasteiger partial charge in [-0.2, -0.15) is 5.10 Å². The van der Waals surface area contributed by atoms with Crippen LogP contribution in [0.3, 0.4) is 0 Å². The van der Waals surface area contributed by atoms with Crippen LogP contribution in [0.25, 0.3) is 15.9 Å². The van der Waals surface area contributed by atoms with Gasteiger partial charge in [-0.3, -0.25) is 4.79 Å². The Morgan fingerprint density at radius 1 is 1.14 bits per heavy atom. The summed E-state index contributed by atoms with van der Waals surface area (Å²) < 4.78 is 2.96. The third-order valence-corrected chi connectivity index (χ3v) is 5.70. The largest absolute Gasteiger partial charge is 0.352 e. The van der Waals surface area contributed by atoms with Crippen LogP contribution in [0.2, 0.25) is 5.02 Å². The van der Waals surface area contributed by atoms with Crippen LogP contribution in [-0.2, 0) is 17.8 Å². The number of nitrogens with zero attached hydrogens (tertiary/aromatic N) is 3. The van der Waals surface area contributed by atoms with E-state index in [1.807, 2.05) is 48.7 Å². The molecule has 0 aliphatic carbocycles. The van der Waals surface area contributed by atoms with Crippen molar-refractivity contribution in [2.24, 2.45) is 0 Å². The highest BCUT2D eigenvalue weighted by molar-refractivity contribution is 7.18. The number of para-hydroxylation sites is 1. The van der Waals surface area contributed by atoms with Crippen molar-refractivity contribution >= 4 is 39.1 Å². The molecule has 5 nitrogen and oxygen atoms in total. The van der Waals surface area contributed by atoms with Crippen LogP contribution < -0.4 is 5.32 Å². The molecule has 0 aliphatic rings. The Morgan fingerprint density at radius 2 is 1.96 bits per heavy atom. The van der Waals surface area contributed by atoms with Gasteiger partial charge in [-0.25, -0.2) is 9.67 Å². The lowest BCUT2D eigenvalue weighted by atomic mass is 10.2. The van der Waals surface area contributed by atoms with Crippen LogP contribution in [0.1, 0.15) is 23.4 Å². The molecular formula is C21H19ClN4OS. The molecular weight excluding hydrogens is 392 g/mol. The monoisotopic (exact) mass is 410 g/mol. The van der Waals surface area contributed by atoms with E-state index in [4.69, 9.17) is 11.6 Å². The molecule has 0 saturated heterocycles. The number of aromatic nitrogens is 3. The lowest BCUT2D eigenvalue weighted by Crippen LogP contribution is -2.22. The zero-order valence-electron chi connectivity index (χ0n) is 15.1. The van der Waals surface area contributed by atoms with Gasteiger partial charge in [0.2, 0.25) is 5.91 Å². The fourth-order valence-electron chi connectivity index (χ4n) is 2.90. The molecule has 28 heavy (non-hydrogen) atoms. The molecule has 2 aromatic carbocycles. The SMILES string of the molecule is O=C(CCCc1nc2ccccc2s1)NCc1cnn(-c2ccc(Cl)cc2)c1. The molecule has 2 heterocycles. The second-order valence-electron chi connectivity index (χ2n) is 6.48. The van der Waals surface area contributed by atoms with Crippen molar-refractivity contribution in [2.75, 3.05) is 0 Å². The number of hydrogen-bond acceptors (Lipinski definition) is 4. The Bertz CT molecular complexity index is 1050. The van der Waals surface area contributed by atoms with E-state index in [-0.39, 0.29) is 5.91 Å². The highest BCUT2D eigenvalue weighted by Crippen LogP contribution is 2.22. The number of hydrogen-bond donors (Lipinski definition) is 1. The maximum Gasteiger partial charge on any atom is 0.220 e. The van der Waals surface area contributed by atoms with Crippen LogP contribution in [-0.4, -0.2) is 20.7 Å². The first-order chi connectivity index (χ1) is 13.7. The Hall–Kier alpha value is -2.70. The van der Waals surface area contributed by atoms with Crippen molar-refractivity contribution in [1.29, 1.82) is 0 Å². The Kier molecular flexibility index (Phi) is 5.69. The van der Waals surface area contributed by atoms with E-state index in [1.165, 1.54) is 4.70 Å². The van der Waals surface area contributed by atoms with Gasteiger partial charge in [0.05, 0.1) is 27.1 Å². The molecule has 4 rings (SSSR count). The lowest BCUT2D eigenvalue weighted by Gasteiger charge is -2.03. The summed E-state index contributed by atoms with van der Waals surface area (Å²) in [6.07, 6.45) is 5.76. The number of benzene rings is 2. The molecule has 2 aromatic heterocycles. The summed E-state index contributed by atoms with van der Waals surface area (Å²) in [7, 11) is 0. The number of thiazole rings is 1. The van der Waals surface area contributed by atoms with Gasteiger partial charge in [0.1, 0.15) is 0 Å². The number of rotatable bonds is 7. The summed E-state index contributed by atoms with van der Waals surface area (Å²) in [6, 6.07) is 15.6. The van der Waals surface area contributed by atoms with Crippen LogP contribution >= 0.6 is 22.9 Å². The molecule has 142 valence electrons. The molecule has 1 amide bonds. The van der Waals surface area contributed by atoms with E-state index >= 15 is 0 Å². The number of carbonyl (C=O) groups excluding carboxylic acids is 1. The second-order valence-corrected chi connectivity index (χ2v) is 8.03. The molecule has 0 aliphatic heterocycles. The normalized spacial score (nSPS) is 11.0. The van der Waals surface area contributed by atoms with E-state index in [2.05, 4.69) is 21.5 Å². The van der Waals surface area contributed by atoms with Crippen molar-refractivity contribution in [3.8, 4) is 5.69 Å². The Labute approximate surface area is 172 Å². The van der Waals surface area contributed by atoms with Crippen LogP contribution in [0.4, 0.5) is 0 Å². The topological polar surface area (TPSA) is 59.8 Å². The average Bonchev–Trinajstić information content (AvgIpc) is 3.33. The molecule has 1 N–H and O–H groups in total. The van der Waals surface area contributed by atoms with E-state index in [0.717, 1.165) is 34.6 Å². The summed E-state index contributed by atoms with van der Waals surface area (Å²) in [5, 5.41) is 9.06. The first kappa shape index (κ1) is 18.7. The maximum atomic E-state index is 12.1. The van der Waals surface area contributed by atoms with Crippen LogP contribution in [0, 0.1) is 0 Å². The highest BCUT2D eigenvalue weighted by Gasteiger charge is 2.07. The molecule has 0 atom stereocenters. The predicted octanol–water partition coefficient (Wildman–Crippen LogP) is 4.77. The minimum absolute atomic E-state index is 0.0420. The molecule has 4 aromatic rings. The van der Waals surface area contributed by atoms with Gasteiger partial charge < -0.3 is 5.32 Å². The summed E-state index contributed by atoms with van der Waals surface area (Å²) in [4.78, 5) is 16.7. The minimum Gasteiger partial charge on any atom is -0.352 e. The van der Waals surface area contributed by atoms with E-state index in [1.54, 1.807) is 22.2 Å². The summed E-state index contributed by atoms with van der Waals surface area (Å²) in [6.45, 7) is 0.466. The van der Waals surface area contributed by atoms with Gasteiger partial charge in [0, 0.05) is 29.7 Å². The van der Waals surface area contributed by atoms with Crippen molar-refractivity contribution in [1.82, 2.24) is 20.1 Å². The molecule has 0 bridgehead atoms. The molecule has 7 heteroatoms. The van der Waals surface area contributed by atoms with Crippen molar-refractivity contribution < 1.29 is 4.79 Å². The number of carbonyl (C=O) groups is 1. The number of nitrogens with one attached hydrogen (secondary N) is 1. The van der Waals surface area contributed by atoms with Gasteiger partial charge >= 0.3 is 0 Å². The average molecular weight is 411 g/mol. The summed E-state index contributed by atoms with van der Waals surface area (Å²) >= 11 is 7.61. The lowest BCUT2D eigenvalue weighted by molar-refractivity contribution is -0.121. The standard InChI is InChI=1S/C21H19ClN4OS/c22-16-8-10-17(11-9-16)26-14-15(13-24-26)12-23-20(27)6-3-7-21-25-18-4-1-2-5-19(18)28-21/h1-2,4-5,8-11,13-14H,3,6-7,12H2,(H,23,27). The fourth-order valence-corrected chi connectivity index (χ4v) is 4.04. The minimum atomic E-state index is 0.0420. The fraction of sp³-hybridized carbons (Fsp3) is 0.190. The molecule has 0 spiro atoms. The van der Waals surface area contributed by atoms with E-state index in [0.29, 0.717) is 18.0 Å². The maximum absolute atomic E-state index is 12.1. The van der Waals surface area contributed by atoms with Gasteiger partial charge in [0.25, 0.3) is 0 Å². The van der Waals surface area contributed by atoms with Crippen LogP contribution in [0.15, 0.2) is 60.9 Å². The first-order valence-corrected chi connectivity index (χ1v) is 10.3. The predicted molar refractivity (Wildman–Crippen MR) is 113 cm³/mol. The summed E-state index contributed by atoms with van der Waals surface area (Å²) in [5.74, 6) is 0.0420. The Morgan fingerprint density at radius 3 is 2.79 bits per heavy atom. The number of fused-ring (bicyclic) bond motifs is 1.